The first-order valence-corrected chi connectivity index (χ1v) is 7.25. The van der Waals surface area contributed by atoms with Crippen LogP contribution in [0.5, 0.6) is 0 Å². The molecule has 2 rings (SSSR count). The van der Waals surface area contributed by atoms with Crippen molar-refractivity contribution in [3.8, 4) is 0 Å². The van der Waals surface area contributed by atoms with Gasteiger partial charge in [0, 0.05) is 18.8 Å². The quantitative estimate of drug-likeness (QED) is 0.795. The number of hydrazone groups is 2. The highest BCUT2D eigenvalue weighted by Crippen LogP contribution is 2.21. The summed E-state index contributed by atoms with van der Waals surface area (Å²) in [6.45, 7) is 8.79. The summed E-state index contributed by atoms with van der Waals surface area (Å²) in [5.74, 6) is -0.218. The van der Waals surface area contributed by atoms with E-state index in [2.05, 4.69) is 10.2 Å². The van der Waals surface area contributed by atoms with Gasteiger partial charge in [-0.05, 0) is 33.8 Å². The molecule has 6 nitrogen and oxygen atoms in total. The third kappa shape index (κ3) is 2.90. The Morgan fingerprint density at radius 1 is 1.24 bits per heavy atom. The van der Waals surface area contributed by atoms with Gasteiger partial charge in [0.05, 0.1) is 17.2 Å². The summed E-state index contributed by atoms with van der Waals surface area (Å²) in [6.07, 6.45) is 4.80. The van der Waals surface area contributed by atoms with Crippen LogP contribution >= 0.6 is 0 Å². The van der Waals surface area contributed by atoms with Gasteiger partial charge in [-0.2, -0.15) is 10.2 Å². The Hall–Kier alpha value is -1.95. The first kappa shape index (κ1) is 15.4. The second kappa shape index (κ2) is 6.22. The molecule has 0 radical (unpaired) electrons. The molecule has 0 saturated heterocycles. The van der Waals surface area contributed by atoms with E-state index in [1.165, 1.54) is 5.01 Å². The zero-order valence-corrected chi connectivity index (χ0v) is 12.9. The van der Waals surface area contributed by atoms with Gasteiger partial charge in [0.25, 0.3) is 5.91 Å². The Morgan fingerprint density at radius 2 is 1.95 bits per heavy atom. The van der Waals surface area contributed by atoms with Gasteiger partial charge in [-0.25, -0.2) is 5.01 Å². The number of hydrogen-bond acceptors (Lipinski definition) is 5. The number of aliphatic hydroxyl groups excluding tert-OH is 1. The van der Waals surface area contributed by atoms with Gasteiger partial charge in [0.1, 0.15) is 0 Å². The van der Waals surface area contributed by atoms with Crippen molar-refractivity contribution in [1.82, 2.24) is 10.0 Å². The highest BCUT2D eigenvalue weighted by Gasteiger charge is 2.30. The molecule has 21 heavy (non-hydrogen) atoms. The maximum absolute atomic E-state index is 12.0. The minimum atomic E-state index is -0.633. The van der Waals surface area contributed by atoms with Crippen molar-refractivity contribution in [3.63, 3.8) is 0 Å². The van der Waals surface area contributed by atoms with Crippen LogP contribution in [0, 0.1) is 5.92 Å². The van der Waals surface area contributed by atoms with E-state index in [1.54, 1.807) is 17.2 Å². The molecule has 0 spiro atoms. The van der Waals surface area contributed by atoms with Gasteiger partial charge in [-0.3, -0.25) is 9.80 Å². The Bertz CT molecular complexity index is 548. The minimum Gasteiger partial charge on any atom is -0.371 e. The van der Waals surface area contributed by atoms with E-state index in [4.69, 9.17) is 0 Å². The highest BCUT2D eigenvalue weighted by atomic mass is 16.3. The Morgan fingerprint density at radius 3 is 2.48 bits per heavy atom. The fraction of sp³-hybridized carbons (Fsp3) is 0.533. The summed E-state index contributed by atoms with van der Waals surface area (Å²) in [5, 5.41) is 21.7. The number of allylic oxidation sites excluding steroid dienone is 2. The van der Waals surface area contributed by atoms with Crippen molar-refractivity contribution in [2.75, 3.05) is 13.1 Å². The van der Waals surface area contributed by atoms with Crippen LogP contribution in [0.2, 0.25) is 0 Å². The lowest BCUT2D eigenvalue weighted by Crippen LogP contribution is -2.31. The van der Waals surface area contributed by atoms with E-state index in [9.17, 15) is 9.90 Å². The Balaban J connectivity index is 2.10. The minimum absolute atomic E-state index is 0.0767. The molecule has 1 amide bonds. The van der Waals surface area contributed by atoms with Gasteiger partial charge in [-0.15, -0.1) is 0 Å². The van der Waals surface area contributed by atoms with E-state index in [0.29, 0.717) is 18.7 Å². The second-order valence-corrected chi connectivity index (χ2v) is 5.11. The molecule has 1 N–H and O–H groups in total. The van der Waals surface area contributed by atoms with Crippen molar-refractivity contribution >= 4 is 17.3 Å². The van der Waals surface area contributed by atoms with Crippen molar-refractivity contribution < 1.29 is 9.90 Å². The van der Waals surface area contributed by atoms with E-state index >= 15 is 0 Å². The number of carbonyl (C=O) groups excluding carboxylic acids is 1. The summed E-state index contributed by atoms with van der Waals surface area (Å²) in [4.78, 5) is 12.0. The van der Waals surface area contributed by atoms with Crippen molar-refractivity contribution in [1.29, 1.82) is 0 Å². The van der Waals surface area contributed by atoms with Crippen LogP contribution in [-0.2, 0) is 4.79 Å². The molecule has 6 heteroatoms. The van der Waals surface area contributed by atoms with Crippen molar-refractivity contribution in [2.24, 2.45) is 16.1 Å². The smallest absolute Gasteiger partial charge is 0.275 e. The highest BCUT2D eigenvalue weighted by molar-refractivity contribution is 6.23. The average molecular weight is 290 g/mol. The number of hydrogen-bond donors (Lipinski definition) is 1. The number of nitrogens with zero attached hydrogens (tertiary/aromatic N) is 4. The lowest BCUT2D eigenvalue weighted by molar-refractivity contribution is -0.125. The van der Waals surface area contributed by atoms with Crippen LogP contribution in [0.15, 0.2) is 34.0 Å². The van der Waals surface area contributed by atoms with Crippen LogP contribution in [0.1, 0.15) is 27.7 Å². The molecule has 0 aromatic rings. The molecule has 2 aliphatic heterocycles. The molecule has 0 aliphatic carbocycles. The predicted octanol–water partition coefficient (Wildman–Crippen LogP) is 1.35. The van der Waals surface area contributed by atoms with Crippen LogP contribution in [0.4, 0.5) is 0 Å². The molecule has 0 bridgehead atoms. The summed E-state index contributed by atoms with van der Waals surface area (Å²) in [7, 11) is 0. The zero-order valence-electron chi connectivity index (χ0n) is 12.9. The summed E-state index contributed by atoms with van der Waals surface area (Å²) in [6, 6.07) is 0. The number of amides is 1. The molecule has 0 aromatic carbocycles. The maximum atomic E-state index is 12.0. The van der Waals surface area contributed by atoms with E-state index in [1.807, 2.05) is 33.8 Å². The van der Waals surface area contributed by atoms with E-state index < -0.39 is 6.23 Å². The average Bonchev–Trinajstić information content (AvgIpc) is 2.89. The normalized spacial score (nSPS) is 28.0. The summed E-state index contributed by atoms with van der Waals surface area (Å²) in [5.41, 5.74) is 2.19. The monoisotopic (exact) mass is 290 g/mol. The second-order valence-electron chi connectivity index (χ2n) is 5.11. The third-order valence-electron chi connectivity index (χ3n) is 3.73. The fourth-order valence-electron chi connectivity index (χ4n) is 2.48. The molecule has 2 aliphatic rings. The Kier molecular flexibility index (Phi) is 4.57. The zero-order chi connectivity index (χ0) is 15.6. The van der Waals surface area contributed by atoms with Gasteiger partial charge in [0.2, 0.25) is 0 Å². The fourth-order valence-corrected chi connectivity index (χ4v) is 2.48. The van der Waals surface area contributed by atoms with E-state index in [-0.39, 0.29) is 11.8 Å². The van der Waals surface area contributed by atoms with Crippen molar-refractivity contribution in [2.45, 2.75) is 33.9 Å². The van der Waals surface area contributed by atoms with Crippen LogP contribution in [0.25, 0.3) is 0 Å². The van der Waals surface area contributed by atoms with Crippen LogP contribution in [-0.4, -0.2) is 51.8 Å². The molecule has 114 valence electrons. The van der Waals surface area contributed by atoms with Gasteiger partial charge < -0.3 is 5.11 Å². The van der Waals surface area contributed by atoms with Gasteiger partial charge in [0.15, 0.2) is 6.23 Å². The standard InChI is InChI=1S/C15H22N4O2/c1-5-18-14(20)12(10(3)16-18)8-7-9-13-11(4)17-19(6-2)15(13)21/h7-9,12,14,20H,5-6H2,1-4H3/b8-7+,13-9+. The SMILES string of the molecule is CCN1N=C(C)/C(=C\C=C\C2C(C)=NN(CC)C2O)C1=O. The van der Waals surface area contributed by atoms with E-state index in [0.717, 1.165) is 11.4 Å². The Labute approximate surface area is 125 Å². The largest absolute Gasteiger partial charge is 0.371 e. The molecule has 2 heterocycles. The van der Waals surface area contributed by atoms with Crippen LogP contribution < -0.4 is 0 Å². The molecule has 0 fully saturated rings. The van der Waals surface area contributed by atoms with Gasteiger partial charge in [-0.1, -0.05) is 12.2 Å². The molecular weight excluding hydrogens is 268 g/mol. The lowest BCUT2D eigenvalue weighted by Gasteiger charge is -2.19. The first-order valence-electron chi connectivity index (χ1n) is 7.25. The number of aliphatic hydroxyl groups is 1. The number of likely N-dealkylation sites (N-methyl/N-ethyl adjacent to an activating group) is 1. The maximum Gasteiger partial charge on any atom is 0.275 e. The van der Waals surface area contributed by atoms with Gasteiger partial charge >= 0.3 is 0 Å². The molecular formula is C15H22N4O2. The topological polar surface area (TPSA) is 68.5 Å². The molecule has 2 atom stereocenters. The third-order valence-corrected chi connectivity index (χ3v) is 3.73. The number of rotatable bonds is 4. The summed E-state index contributed by atoms with van der Waals surface area (Å²) >= 11 is 0. The first-order chi connectivity index (χ1) is 9.99. The molecule has 0 aromatic heterocycles. The molecule has 0 saturated carbocycles. The number of carbonyl (C=O) groups is 1. The van der Waals surface area contributed by atoms with Crippen molar-refractivity contribution in [3.05, 3.63) is 23.8 Å². The molecule has 2 unspecified atom stereocenters. The predicted molar refractivity (Wildman–Crippen MR) is 82.7 cm³/mol. The summed E-state index contributed by atoms with van der Waals surface area (Å²) < 4.78 is 0. The van der Waals surface area contributed by atoms with Crippen LogP contribution in [0.3, 0.4) is 0 Å². The lowest BCUT2D eigenvalue weighted by atomic mass is 10.0.